The number of aryl methyl sites for hydroxylation is 1. The first-order valence-corrected chi connectivity index (χ1v) is 6.17. The van der Waals surface area contributed by atoms with Gasteiger partial charge in [-0.2, -0.15) is 10.2 Å². The molecule has 0 aliphatic heterocycles. The Morgan fingerprint density at radius 1 is 1.40 bits per heavy atom. The molecule has 3 heterocycles. The lowest BCUT2D eigenvalue weighted by Gasteiger charge is -2.03. The lowest BCUT2D eigenvalue weighted by molar-refractivity contribution is 0.0958. The molecule has 3 aromatic rings. The second-order valence-corrected chi connectivity index (χ2v) is 4.48. The van der Waals surface area contributed by atoms with Crippen molar-refractivity contribution in [2.45, 2.75) is 6.92 Å². The van der Waals surface area contributed by atoms with Crippen LogP contribution in [0.15, 0.2) is 24.5 Å². The van der Waals surface area contributed by atoms with Gasteiger partial charge in [-0.1, -0.05) is 0 Å². The van der Waals surface area contributed by atoms with Gasteiger partial charge >= 0.3 is 0 Å². The third-order valence-corrected chi connectivity index (χ3v) is 3.33. The predicted molar refractivity (Wildman–Crippen MR) is 73.3 cm³/mol. The molecule has 0 saturated heterocycles. The van der Waals surface area contributed by atoms with E-state index in [4.69, 9.17) is 0 Å². The molecule has 7 heteroatoms. The minimum absolute atomic E-state index is 0.232. The monoisotopic (exact) mass is 270 g/mol. The van der Waals surface area contributed by atoms with Gasteiger partial charge in [-0.15, -0.1) is 0 Å². The molecule has 0 spiro atoms. The maximum absolute atomic E-state index is 11.7. The zero-order chi connectivity index (χ0) is 14.3. The lowest BCUT2D eigenvalue weighted by Crippen LogP contribution is -2.18. The molecule has 0 fully saturated rings. The number of fused-ring (bicyclic) bond motifs is 1. The van der Waals surface area contributed by atoms with Gasteiger partial charge in [-0.3, -0.25) is 9.48 Å². The first-order valence-electron chi connectivity index (χ1n) is 6.17. The molecule has 0 unspecified atom stereocenters. The minimum atomic E-state index is -0.232. The van der Waals surface area contributed by atoms with Crippen LogP contribution >= 0.6 is 0 Å². The van der Waals surface area contributed by atoms with Gasteiger partial charge in [0.05, 0.1) is 11.9 Å². The smallest absolute Gasteiger partial charge is 0.271 e. The molecule has 3 rings (SSSR count). The van der Waals surface area contributed by atoms with Crippen molar-refractivity contribution in [1.29, 1.82) is 0 Å². The van der Waals surface area contributed by atoms with Gasteiger partial charge in [0.15, 0.2) is 11.3 Å². The highest BCUT2D eigenvalue weighted by atomic mass is 16.1. The quantitative estimate of drug-likeness (QED) is 0.747. The molecule has 0 saturated carbocycles. The van der Waals surface area contributed by atoms with Crippen LogP contribution in [0.3, 0.4) is 0 Å². The fourth-order valence-electron chi connectivity index (χ4n) is 2.09. The highest BCUT2D eigenvalue weighted by Gasteiger charge is 2.15. The van der Waals surface area contributed by atoms with Gasteiger partial charge in [0.1, 0.15) is 0 Å². The Morgan fingerprint density at radius 2 is 2.20 bits per heavy atom. The highest BCUT2D eigenvalue weighted by Crippen LogP contribution is 2.22. The third-order valence-electron chi connectivity index (χ3n) is 3.33. The molecule has 7 nitrogen and oxygen atoms in total. The largest absolute Gasteiger partial charge is 0.354 e. The molecule has 0 radical (unpaired) electrons. The SMILES string of the molecule is CNC(=O)c1cc2nccc(-c3cnn(C)c3C)n2n1. The van der Waals surface area contributed by atoms with E-state index in [0.717, 1.165) is 17.0 Å². The molecule has 0 aliphatic carbocycles. The lowest BCUT2D eigenvalue weighted by atomic mass is 10.2. The number of carbonyl (C=O) groups is 1. The van der Waals surface area contributed by atoms with E-state index < -0.39 is 0 Å². The number of carbonyl (C=O) groups excluding carboxylic acids is 1. The molecule has 3 aromatic heterocycles. The van der Waals surface area contributed by atoms with E-state index in [2.05, 4.69) is 20.5 Å². The molecule has 0 bridgehead atoms. The minimum Gasteiger partial charge on any atom is -0.354 e. The average Bonchev–Trinajstić information content (AvgIpc) is 3.03. The van der Waals surface area contributed by atoms with Gasteiger partial charge in [0, 0.05) is 37.6 Å². The van der Waals surface area contributed by atoms with E-state index in [9.17, 15) is 4.79 Å². The van der Waals surface area contributed by atoms with Crippen molar-refractivity contribution >= 4 is 11.6 Å². The first kappa shape index (κ1) is 12.3. The number of amides is 1. The van der Waals surface area contributed by atoms with Crippen LogP contribution in [0.1, 0.15) is 16.2 Å². The van der Waals surface area contributed by atoms with Crippen molar-refractivity contribution in [1.82, 2.24) is 29.7 Å². The second-order valence-electron chi connectivity index (χ2n) is 4.48. The Balaban J connectivity index is 2.24. The number of nitrogens with one attached hydrogen (secondary N) is 1. The molecule has 0 atom stereocenters. The summed E-state index contributed by atoms with van der Waals surface area (Å²) in [5.74, 6) is -0.232. The number of hydrogen-bond donors (Lipinski definition) is 1. The van der Waals surface area contributed by atoms with Gasteiger partial charge < -0.3 is 5.32 Å². The van der Waals surface area contributed by atoms with Crippen LogP contribution in [0.25, 0.3) is 16.9 Å². The fraction of sp³-hybridized carbons (Fsp3) is 0.231. The van der Waals surface area contributed by atoms with Gasteiger partial charge in [-0.05, 0) is 13.0 Å². The van der Waals surface area contributed by atoms with Crippen molar-refractivity contribution in [2.24, 2.45) is 7.05 Å². The van der Waals surface area contributed by atoms with Crippen molar-refractivity contribution < 1.29 is 4.79 Å². The van der Waals surface area contributed by atoms with Gasteiger partial charge in [0.2, 0.25) is 0 Å². The summed E-state index contributed by atoms with van der Waals surface area (Å²) in [7, 11) is 3.46. The molecule has 102 valence electrons. The van der Waals surface area contributed by atoms with Crippen LogP contribution in [0.5, 0.6) is 0 Å². The van der Waals surface area contributed by atoms with E-state index in [-0.39, 0.29) is 5.91 Å². The Bertz CT molecular complexity index is 800. The number of hydrogen-bond acceptors (Lipinski definition) is 4. The Hall–Kier alpha value is -2.70. The summed E-state index contributed by atoms with van der Waals surface area (Å²) >= 11 is 0. The average molecular weight is 270 g/mol. The summed E-state index contributed by atoms with van der Waals surface area (Å²) in [4.78, 5) is 15.9. The molecular formula is C13H14N6O. The summed E-state index contributed by atoms with van der Waals surface area (Å²) < 4.78 is 3.46. The van der Waals surface area contributed by atoms with Crippen molar-refractivity contribution in [3.05, 3.63) is 35.9 Å². The Morgan fingerprint density at radius 3 is 2.85 bits per heavy atom. The van der Waals surface area contributed by atoms with Crippen LogP contribution in [-0.2, 0) is 7.05 Å². The molecule has 1 N–H and O–H groups in total. The maximum atomic E-state index is 11.7. The van der Waals surface area contributed by atoms with E-state index in [1.807, 2.05) is 20.0 Å². The molecule has 0 aromatic carbocycles. The van der Waals surface area contributed by atoms with Crippen LogP contribution in [0.4, 0.5) is 0 Å². The number of rotatable bonds is 2. The fourth-order valence-corrected chi connectivity index (χ4v) is 2.09. The van der Waals surface area contributed by atoms with E-state index >= 15 is 0 Å². The molecule has 1 amide bonds. The molecule has 0 aliphatic rings. The molecule has 20 heavy (non-hydrogen) atoms. The standard InChI is InChI=1S/C13H14N6O/c1-8-9(7-16-18(8)3)11-4-5-15-12-6-10(13(20)14-2)17-19(11)12/h4-7H,1-3H3,(H,14,20). The number of nitrogens with zero attached hydrogens (tertiary/aromatic N) is 5. The summed E-state index contributed by atoms with van der Waals surface area (Å²) in [6.07, 6.45) is 3.48. The van der Waals surface area contributed by atoms with E-state index in [0.29, 0.717) is 11.3 Å². The Labute approximate surface area is 115 Å². The summed E-state index contributed by atoms with van der Waals surface area (Å²) in [5.41, 5.74) is 3.81. The first-order chi connectivity index (χ1) is 9.61. The van der Waals surface area contributed by atoms with Crippen LogP contribution in [0, 0.1) is 6.92 Å². The van der Waals surface area contributed by atoms with Crippen molar-refractivity contribution in [3.63, 3.8) is 0 Å². The van der Waals surface area contributed by atoms with Crippen LogP contribution < -0.4 is 5.32 Å². The van der Waals surface area contributed by atoms with Crippen LogP contribution in [-0.4, -0.2) is 37.3 Å². The second kappa shape index (κ2) is 4.44. The Kier molecular flexibility index (Phi) is 2.74. The topological polar surface area (TPSA) is 77.1 Å². The number of aromatic nitrogens is 5. The summed E-state index contributed by atoms with van der Waals surface area (Å²) in [5, 5.41) is 11.1. The molecular weight excluding hydrogens is 256 g/mol. The van der Waals surface area contributed by atoms with Gasteiger partial charge in [0.25, 0.3) is 5.91 Å². The predicted octanol–water partition coefficient (Wildman–Crippen LogP) is 0.798. The normalized spacial score (nSPS) is 10.9. The summed E-state index contributed by atoms with van der Waals surface area (Å²) in [6.45, 7) is 1.98. The van der Waals surface area contributed by atoms with Crippen LogP contribution in [0.2, 0.25) is 0 Å². The van der Waals surface area contributed by atoms with Crippen molar-refractivity contribution in [2.75, 3.05) is 7.05 Å². The van der Waals surface area contributed by atoms with Gasteiger partial charge in [-0.25, -0.2) is 9.50 Å². The zero-order valence-corrected chi connectivity index (χ0v) is 11.5. The maximum Gasteiger partial charge on any atom is 0.271 e. The van der Waals surface area contributed by atoms with Crippen molar-refractivity contribution in [3.8, 4) is 11.3 Å². The third kappa shape index (κ3) is 1.75. The van der Waals surface area contributed by atoms with E-state index in [1.54, 1.807) is 34.7 Å². The highest BCUT2D eigenvalue weighted by molar-refractivity contribution is 5.93. The summed E-state index contributed by atoms with van der Waals surface area (Å²) in [6, 6.07) is 3.52. The zero-order valence-electron chi connectivity index (χ0n) is 11.5. The van der Waals surface area contributed by atoms with E-state index in [1.165, 1.54) is 0 Å².